The number of hydrogen-bond donors (Lipinski definition) is 1. The van der Waals surface area contributed by atoms with Crippen LogP contribution >= 0.6 is 0 Å². The van der Waals surface area contributed by atoms with Gasteiger partial charge in [-0.05, 0) is 25.0 Å². The van der Waals surface area contributed by atoms with Crippen molar-refractivity contribution in [3.8, 4) is 0 Å². The van der Waals surface area contributed by atoms with Crippen molar-refractivity contribution in [1.29, 1.82) is 0 Å². The van der Waals surface area contributed by atoms with Gasteiger partial charge in [-0.25, -0.2) is 8.42 Å². The average molecular weight is 398 g/mol. The standard InChI is InChI=1S/C19H22N6O2S/c26-28(27,16-11-15-3-1-2-4-17(15)21-12-16)24-8-5-14(6-9-24)19-23-22-18-13-20-7-10-25(18)19/h1-4,11-12,14,20H,5-10,13H2. The summed E-state index contributed by atoms with van der Waals surface area (Å²) in [5.74, 6) is 2.22. The van der Waals surface area contributed by atoms with E-state index < -0.39 is 10.0 Å². The zero-order valence-corrected chi connectivity index (χ0v) is 16.3. The molecule has 0 saturated carbocycles. The molecule has 5 rings (SSSR count). The number of rotatable bonds is 3. The fourth-order valence-corrected chi connectivity index (χ4v) is 5.56. The fourth-order valence-electron chi connectivity index (χ4n) is 4.11. The molecule has 0 spiro atoms. The van der Waals surface area contributed by atoms with Crippen molar-refractivity contribution in [2.45, 2.75) is 36.7 Å². The van der Waals surface area contributed by atoms with Crippen LogP contribution in [0.2, 0.25) is 0 Å². The van der Waals surface area contributed by atoms with Gasteiger partial charge < -0.3 is 9.88 Å². The molecule has 1 fully saturated rings. The number of aromatic nitrogens is 4. The summed E-state index contributed by atoms with van der Waals surface area (Å²) in [6.45, 7) is 3.51. The van der Waals surface area contributed by atoms with Crippen molar-refractivity contribution in [3.05, 3.63) is 48.2 Å². The molecule has 9 heteroatoms. The maximum absolute atomic E-state index is 13.1. The third-order valence-electron chi connectivity index (χ3n) is 5.67. The smallest absolute Gasteiger partial charge is 0.244 e. The topological polar surface area (TPSA) is 93.0 Å². The van der Waals surface area contributed by atoms with Gasteiger partial charge in [0.15, 0.2) is 0 Å². The Balaban J connectivity index is 1.35. The van der Waals surface area contributed by atoms with Gasteiger partial charge in [-0.3, -0.25) is 4.98 Å². The van der Waals surface area contributed by atoms with Gasteiger partial charge in [-0.2, -0.15) is 4.31 Å². The Morgan fingerprint density at radius 3 is 2.75 bits per heavy atom. The molecular weight excluding hydrogens is 376 g/mol. The molecule has 0 unspecified atom stereocenters. The van der Waals surface area contributed by atoms with Crippen LogP contribution in [-0.2, 0) is 23.1 Å². The van der Waals surface area contributed by atoms with Crippen LogP contribution < -0.4 is 5.32 Å². The van der Waals surface area contributed by atoms with Crippen LogP contribution in [0, 0.1) is 0 Å². The Labute approximate surface area is 163 Å². The average Bonchev–Trinajstić information content (AvgIpc) is 3.17. The number of nitrogens with one attached hydrogen (secondary N) is 1. The highest BCUT2D eigenvalue weighted by Crippen LogP contribution is 2.31. The lowest BCUT2D eigenvalue weighted by molar-refractivity contribution is 0.307. The third kappa shape index (κ3) is 2.99. The number of pyridine rings is 1. The van der Waals surface area contributed by atoms with E-state index in [4.69, 9.17) is 0 Å². The summed E-state index contributed by atoms with van der Waals surface area (Å²) in [5.41, 5.74) is 0.797. The second-order valence-electron chi connectivity index (χ2n) is 7.34. The summed E-state index contributed by atoms with van der Waals surface area (Å²) < 4.78 is 30.0. The molecule has 1 N–H and O–H groups in total. The van der Waals surface area contributed by atoms with E-state index >= 15 is 0 Å². The van der Waals surface area contributed by atoms with Gasteiger partial charge in [0.1, 0.15) is 16.5 Å². The van der Waals surface area contributed by atoms with Crippen molar-refractivity contribution < 1.29 is 8.42 Å². The summed E-state index contributed by atoms with van der Waals surface area (Å²) in [5, 5.41) is 12.8. The number of piperidine rings is 1. The molecule has 1 saturated heterocycles. The van der Waals surface area contributed by atoms with Crippen LogP contribution in [0.1, 0.15) is 30.4 Å². The summed E-state index contributed by atoms with van der Waals surface area (Å²) >= 11 is 0. The number of benzene rings is 1. The van der Waals surface area contributed by atoms with E-state index in [0.29, 0.717) is 13.1 Å². The minimum atomic E-state index is -3.55. The summed E-state index contributed by atoms with van der Waals surface area (Å²) in [4.78, 5) is 4.57. The van der Waals surface area contributed by atoms with Crippen molar-refractivity contribution in [3.63, 3.8) is 0 Å². The van der Waals surface area contributed by atoms with Crippen molar-refractivity contribution >= 4 is 20.9 Å². The Hall–Kier alpha value is -2.36. The first kappa shape index (κ1) is 17.7. The van der Waals surface area contributed by atoms with Gasteiger partial charge in [0.05, 0.1) is 12.1 Å². The quantitative estimate of drug-likeness (QED) is 0.719. The highest BCUT2D eigenvalue weighted by Gasteiger charge is 2.33. The molecule has 2 aliphatic heterocycles. The maximum Gasteiger partial charge on any atom is 0.244 e. The van der Waals surface area contributed by atoms with Crippen LogP contribution in [0.5, 0.6) is 0 Å². The molecule has 2 aliphatic rings. The Kier molecular flexibility index (Phi) is 4.37. The molecule has 3 aromatic rings. The molecule has 28 heavy (non-hydrogen) atoms. The Morgan fingerprint density at radius 1 is 1.07 bits per heavy atom. The Bertz CT molecular complexity index is 1120. The van der Waals surface area contributed by atoms with Crippen molar-refractivity contribution in [1.82, 2.24) is 29.4 Å². The summed E-state index contributed by atoms with van der Waals surface area (Å²) in [6.07, 6.45) is 2.98. The monoisotopic (exact) mass is 398 g/mol. The van der Waals surface area contributed by atoms with E-state index in [9.17, 15) is 8.42 Å². The van der Waals surface area contributed by atoms with Gasteiger partial charge in [0.25, 0.3) is 0 Å². The number of sulfonamides is 1. The van der Waals surface area contributed by atoms with E-state index in [-0.39, 0.29) is 10.8 Å². The molecule has 0 bridgehead atoms. The second kappa shape index (κ2) is 6.91. The lowest BCUT2D eigenvalue weighted by Crippen LogP contribution is -2.38. The van der Waals surface area contributed by atoms with Gasteiger partial charge in [0, 0.05) is 43.7 Å². The molecule has 1 aromatic carbocycles. The van der Waals surface area contributed by atoms with Crippen LogP contribution in [0.4, 0.5) is 0 Å². The second-order valence-corrected chi connectivity index (χ2v) is 9.28. The first-order chi connectivity index (χ1) is 13.6. The molecule has 0 radical (unpaired) electrons. The number of para-hydroxylation sites is 1. The number of hydrogen-bond acceptors (Lipinski definition) is 6. The van der Waals surface area contributed by atoms with Gasteiger partial charge in [0.2, 0.25) is 10.0 Å². The predicted octanol–water partition coefficient (Wildman–Crippen LogP) is 1.50. The molecule has 0 amide bonds. The molecule has 0 atom stereocenters. The van der Waals surface area contributed by atoms with E-state index in [0.717, 1.165) is 55.0 Å². The van der Waals surface area contributed by atoms with E-state index in [2.05, 4.69) is 25.1 Å². The molecule has 0 aliphatic carbocycles. The molecule has 2 aromatic heterocycles. The normalized spacial score (nSPS) is 19.0. The number of fused-ring (bicyclic) bond motifs is 2. The minimum absolute atomic E-state index is 0.250. The van der Waals surface area contributed by atoms with Crippen LogP contribution in [0.25, 0.3) is 10.9 Å². The van der Waals surface area contributed by atoms with E-state index in [1.807, 2.05) is 24.3 Å². The highest BCUT2D eigenvalue weighted by atomic mass is 32.2. The SMILES string of the molecule is O=S(=O)(c1cnc2ccccc2c1)N1CCC(c2nnc3n2CCNC3)CC1. The van der Waals surface area contributed by atoms with E-state index in [1.54, 1.807) is 10.4 Å². The summed E-state index contributed by atoms with van der Waals surface area (Å²) in [7, 11) is -3.55. The summed E-state index contributed by atoms with van der Waals surface area (Å²) in [6, 6.07) is 9.27. The molecule has 4 heterocycles. The number of nitrogens with zero attached hydrogens (tertiary/aromatic N) is 5. The maximum atomic E-state index is 13.1. The zero-order chi connectivity index (χ0) is 19.1. The van der Waals surface area contributed by atoms with Crippen LogP contribution in [0.15, 0.2) is 41.4 Å². The lowest BCUT2D eigenvalue weighted by Gasteiger charge is -2.31. The third-order valence-corrected chi connectivity index (χ3v) is 7.54. The van der Waals surface area contributed by atoms with Crippen molar-refractivity contribution in [2.24, 2.45) is 0 Å². The highest BCUT2D eigenvalue weighted by molar-refractivity contribution is 7.89. The zero-order valence-electron chi connectivity index (χ0n) is 15.5. The Morgan fingerprint density at radius 2 is 1.89 bits per heavy atom. The first-order valence-corrected chi connectivity index (χ1v) is 11.0. The molecular formula is C19H22N6O2S. The van der Waals surface area contributed by atoms with E-state index in [1.165, 1.54) is 6.20 Å². The van der Waals surface area contributed by atoms with Gasteiger partial charge >= 0.3 is 0 Å². The lowest BCUT2D eigenvalue weighted by atomic mass is 9.97. The van der Waals surface area contributed by atoms with Gasteiger partial charge in [-0.15, -0.1) is 10.2 Å². The van der Waals surface area contributed by atoms with Crippen LogP contribution in [0.3, 0.4) is 0 Å². The predicted molar refractivity (Wildman–Crippen MR) is 104 cm³/mol. The minimum Gasteiger partial charge on any atom is -0.312 e. The molecule has 8 nitrogen and oxygen atoms in total. The molecule has 146 valence electrons. The fraction of sp³-hybridized carbons (Fsp3) is 0.421. The van der Waals surface area contributed by atoms with Crippen LogP contribution in [-0.4, -0.2) is 52.1 Å². The van der Waals surface area contributed by atoms with Crippen molar-refractivity contribution in [2.75, 3.05) is 19.6 Å². The first-order valence-electron chi connectivity index (χ1n) is 9.60. The largest absolute Gasteiger partial charge is 0.312 e. The van der Waals surface area contributed by atoms with Gasteiger partial charge in [-0.1, -0.05) is 18.2 Å².